The van der Waals surface area contributed by atoms with Crippen LogP contribution in [-0.4, -0.2) is 96.7 Å². The second-order valence-electron chi connectivity index (χ2n) is 30.8. The normalized spacial score (nSPS) is 14.3. The van der Waals surface area contributed by atoms with Gasteiger partial charge in [0.2, 0.25) is 0 Å². The van der Waals surface area contributed by atoms with Crippen molar-refractivity contribution in [3.8, 4) is 0 Å². The summed E-state index contributed by atoms with van der Waals surface area (Å²) < 4.78 is 68.7. The molecule has 0 aromatic carbocycles. The van der Waals surface area contributed by atoms with Gasteiger partial charge in [-0.1, -0.05) is 364 Å². The van der Waals surface area contributed by atoms with Gasteiger partial charge < -0.3 is 33.8 Å². The Kier molecular flexibility index (Phi) is 68.7. The van der Waals surface area contributed by atoms with Gasteiger partial charge in [0.05, 0.1) is 26.4 Å². The molecule has 100 heavy (non-hydrogen) atoms. The van der Waals surface area contributed by atoms with E-state index >= 15 is 0 Å². The number of carbonyl (C=O) groups is 4. The highest BCUT2D eigenvalue weighted by Crippen LogP contribution is 2.45. The minimum absolute atomic E-state index is 0.104. The van der Waals surface area contributed by atoms with Gasteiger partial charge in [0.15, 0.2) is 12.2 Å². The molecular formula is C81H158O17P2. The van der Waals surface area contributed by atoms with Crippen molar-refractivity contribution in [3.05, 3.63) is 0 Å². The number of unbranched alkanes of at least 4 members (excludes halogenated alkanes) is 43. The van der Waals surface area contributed by atoms with Crippen LogP contribution in [0.5, 0.6) is 0 Å². The number of rotatable bonds is 78. The predicted octanol–water partition coefficient (Wildman–Crippen LogP) is 24.0. The molecule has 6 atom stereocenters. The quantitative estimate of drug-likeness (QED) is 0.0222. The molecular weight excluding hydrogens is 1310 g/mol. The Balaban J connectivity index is 5.24. The first-order valence-electron chi connectivity index (χ1n) is 41.7. The number of hydrogen-bond donors (Lipinski definition) is 3. The highest BCUT2D eigenvalue weighted by Gasteiger charge is 2.30. The molecule has 0 aromatic rings. The molecule has 0 radical (unpaired) electrons. The van der Waals surface area contributed by atoms with Crippen LogP contribution in [0.3, 0.4) is 0 Å². The summed E-state index contributed by atoms with van der Waals surface area (Å²) in [7, 11) is -9.92. The van der Waals surface area contributed by atoms with Gasteiger partial charge in [-0.2, -0.15) is 0 Å². The number of phosphoric acid groups is 2. The highest BCUT2D eigenvalue weighted by molar-refractivity contribution is 7.47. The number of esters is 4. The van der Waals surface area contributed by atoms with Gasteiger partial charge in [-0.15, -0.1) is 0 Å². The lowest BCUT2D eigenvalue weighted by Gasteiger charge is -2.21. The first-order chi connectivity index (χ1) is 48.1. The molecule has 19 heteroatoms. The Labute approximate surface area is 613 Å². The SMILES string of the molecule is CCC(C)CCCCCCCCCCC(=O)O[C@H](COC(=O)CCCCCCCCCCC(C)C)COP(=O)(O)OCC(O)COP(=O)(O)OC[C@@H](COC(=O)CCCCCCCCCCCCCCCCCC(C)C)OC(=O)CCCCCCCCCCCCCCCCCCC(C)C. The van der Waals surface area contributed by atoms with Gasteiger partial charge in [0.1, 0.15) is 19.3 Å². The molecule has 0 spiro atoms. The standard InChI is InChI=1S/C81H158O17P2/c1-9-74(8)60-52-44-36-30-32-40-48-56-64-81(86)98-77(68-92-79(84)62-54-46-38-31-29-35-43-51-59-73(6)7)70-96-100(89,90)94-66-75(82)65-93-99(87,88)95-69-76(67-91-78(83)61-53-45-37-27-23-19-16-12-14-18-22-26-34-42-50-58-72(4)5)97-80(85)63-55-47-39-28-24-20-15-11-10-13-17-21-25-33-41-49-57-71(2)3/h71-77,82H,9-70H2,1-8H3,(H,87,88)(H,89,90)/t74?,75?,76-,77-/m1/s1. The van der Waals surface area contributed by atoms with E-state index in [1.807, 2.05) is 0 Å². The van der Waals surface area contributed by atoms with Gasteiger partial charge in [0.25, 0.3) is 0 Å². The monoisotopic (exact) mass is 1470 g/mol. The second-order valence-corrected chi connectivity index (χ2v) is 33.7. The number of hydrogen-bond acceptors (Lipinski definition) is 15. The molecule has 17 nitrogen and oxygen atoms in total. The zero-order valence-electron chi connectivity index (χ0n) is 65.8. The van der Waals surface area contributed by atoms with Crippen LogP contribution in [0.1, 0.15) is 415 Å². The van der Waals surface area contributed by atoms with E-state index in [0.29, 0.717) is 25.7 Å². The topological polar surface area (TPSA) is 237 Å². The molecule has 0 amide bonds. The molecule has 0 aliphatic carbocycles. The first-order valence-corrected chi connectivity index (χ1v) is 44.7. The van der Waals surface area contributed by atoms with E-state index in [-0.39, 0.29) is 25.7 Å². The van der Waals surface area contributed by atoms with Gasteiger partial charge in [0, 0.05) is 25.7 Å². The minimum Gasteiger partial charge on any atom is -0.462 e. The van der Waals surface area contributed by atoms with Crippen LogP contribution in [0.2, 0.25) is 0 Å². The number of phosphoric ester groups is 2. The van der Waals surface area contributed by atoms with E-state index < -0.39 is 97.5 Å². The van der Waals surface area contributed by atoms with Crippen LogP contribution in [-0.2, 0) is 65.4 Å². The molecule has 0 heterocycles. The maximum atomic E-state index is 13.1. The molecule has 4 unspecified atom stereocenters. The van der Waals surface area contributed by atoms with E-state index in [1.54, 1.807) is 0 Å². The van der Waals surface area contributed by atoms with Crippen molar-refractivity contribution in [3.63, 3.8) is 0 Å². The van der Waals surface area contributed by atoms with Crippen molar-refractivity contribution in [1.29, 1.82) is 0 Å². The van der Waals surface area contributed by atoms with E-state index in [2.05, 4.69) is 55.4 Å². The molecule has 0 fully saturated rings. The molecule has 594 valence electrons. The number of ether oxygens (including phenoxy) is 4. The van der Waals surface area contributed by atoms with Crippen LogP contribution >= 0.6 is 15.6 Å². The maximum absolute atomic E-state index is 13.1. The fourth-order valence-corrected chi connectivity index (χ4v) is 14.0. The van der Waals surface area contributed by atoms with Crippen LogP contribution in [0.25, 0.3) is 0 Å². The Morgan fingerprint density at radius 1 is 0.280 bits per heavy atom. The van der Waals surface area contributed by atoms with Crippen molar-refractivity contribution >= 4 is 39.5 Å². The molecule has 0 aliphatic rings. The zero-order chi connectivity index (χ0) is 73.8. The van der Waals surface area contributed by atoms with Crippen LogP contribution in [0.4, 0.5) is 0 Å². The lowest BCUT2D eigenvalue weighted by Crippen LogP contribution is -2.30. The van der Waals surface area contributed by atoms with Gasteiger partial charge in [-0.05, 0) is 49.4 Å². The second kappa shape index (κ2) is 70.1. The van der Waals surface area contributed by atoms with Crippen molar-refractivity contribution in [2.24, 2.45) is 23.7 Å². The fourth-order valence-electron chi connectivity index (χ4n) is 12.4. The van der Waals surface area contributed by atoms with Crippen molar-refractivity contribution in [2.45, 2.75) is 433 Å². The smallest absolute Gasteiger partial charge is 0.462 e. The highest BCUT2D eigenvalue weighted by atomic mass is 31.2. The third kappa shape index (κ3) is 73.0. The Hall–Kier alpha value is -1.94. The molecule has 0 saturated carbocycles. The molecule has 0 aromatic heterocycles. The average Bonchev–Trinajstić information content (AvgIpc) is 0.924. The van der Waals surface area contributed by atoms with Crippen molar-refractivity contribution in [2.75, 3.05) is 39.6 Å². The number of aliphatic hydroxyl groups is 1. The summed E-state index contributed by atoms with van der Waals surface area (Å²) in [5.41, 5.74) is 0. The maximum Gasteiger partial charge on any atom is 0.472 e. The number of carbonyl (C=O) groups excluding carboxylic acids is 4. The van der Waals surface area contributed by atoms with E-state index in [4.69, 9.17) is 37.0 Å². The summed E-state index contributed by atoms with van der Waals surface area (Å²) in [6.07, 6.45) is 56.9. The predicted molar refractivity (Wildman–Crippen MR) is 409 cm³/mol. The molecule has 0 aliphatic heterocycles. The Morgan fingerprint density at radius 2 is 0.480 bits per heavy atom. The molecule has 0 rings (SSSR count). The summed E-state index contributed by atoms with van der Waals surface area (Å²) in [4.78, 5) is 73.0. The Morgan fingerprint density at radius 3 is 0.710 bits per heavy atom. The van der Waals surface area contributed by atoms with Crippen LogP contribution in [0, 0.1) is 23.7 Å². The lowest BCUT2D eigenvalue weighted by molar-refractivity contribution is -0.161. The van der Waals surface area contributed by atoms with Crippen LogP contribution in [0.15, 0.2) is 0 Å². The Bertz CT molecular complexity index is 1960. The van der Waals surface area contributed by atoms with Gasteiger partial charge in [-0.3, -0.25) is 37.3 Å². The summed E-state index contributed by atoms with van der Waals surface area (Å²) in [5.74, 6) is 0.996. The third-order valence-electron chi connectivity index (χ3n) is 19.2. The molecule has 0 saturated heterocycles. The van der Waals surface area contributed by atoms with E-state index in [9.17, 15) is 43.2 Å². The third-order valence-corrected chi connectivity index (χ3v) is 21.1. The summed E-state index contributed by atoms with van der Waals surface area (Å²) in [6.45, 7) is 14.3. The minimum atomic E-state index is -4.96. The lowest BCUT2D eigenvalue weighted by atomic mass is 9.99. The van der Waals surface area contributed by atoms with Gasteiger partial charge >= 0.3 is 39.5 Å². The summed E-state index contributed by atoms with van der Waals surface area (Å²) in [6, 6.07) is 0. The fraction of sp³-hybridized carbons (Fsp3) is 0.951. The first kappa shape index (κ1) is 98.1. The van der Waals surface area contributed by atoms with E-state index in [0.717, 1.165) is 114 Å². The van der Waals surface area contributed by atoms with E-state index in [1.165, 1.54) is 218 Å². The van der Waals surface area contributed by atoms with Gasteiger partial charge in [-0.25, -0.2) is 9.13 Å². The zero-order valence-corrected chi connectivity index (χ0v) is 67.6. The average molecular weight is 1470 g/mol. The molecule has 3 N–H and O–H groups in total. The van der Waals surface area contributed by atoms with Crippen LogP contribution < -0.4 is 0 Å². The summed E-state index contributed by atoms with van der Waals surface area (Å²) in [5, 5.41) is 10.6. The van der Waals surface area contributed by atoms with Crippen molar-refractivity contribution in [1.82, 2.24) is 0 Å². The largest absolute Gasteiger partial charge is 0.472 e. The molecule has 0 bridgehead atoms. The summed E-state index contributed by atoms with van der Waals surface area (Å²) >= 11 is 0. The number of aliphatic hydroxyl groups excluding tert-OH is 1. The van der Waals surface area contributed by atoms with Crippen molar-refractivity contribution < 1.29 is 80.2 Å².